The molecule has 2 aromatic carbocycles. The van der Waals surface area contributed by atoms with Crippen LogP contribution < -0.4 is 5.32 Å². The van der Waals surface area contributed by atoms with Gasteiger partial charge in [0.25, 0.3) is 0 Å². The summed E-state index contributed by atoms with van der Waals surface area (Å²) in [4.78, 5) is 30.9. The Hall–Kier alpha value is -3.33. The Morgan fingerprint density at radius 1 is 1.16 bits per heavy atom. The zero-order valence-electron chi connectivity index (χ0n) is 16.4. The molecule has 0 radical (unpaired) electrons. The number of carbonyl (C=O) groups excluding carboxylic acids is 2. The Labute approximate surface area is 181 Å². The second kappa shape index (κ2) is 9.22. The van der Waals surface area contributed by atoms with E-state index in [1.165, 1.54) is 11.0 Å². The first kappa shape index (κ1) is 20.9. The highest BCUT2D eigenvalue weighted by molar-refractivity contribution is 7.14. The fourth-order valence-electron chi connectivity index (χ4n) is 3.37. The summed E-state index contributed by atoms with van der Waals surface area (Å²) in [7, 11) is 0. The van der Waals surface area contributed by atoms with Gasteiger partial charge >= 0.3 is 6.09 Å². The number of amides is 2. The van der Waals surface area contributed by atoms with Crippen LogP contribution in [0.3, 0.4) is 0 Å². The predicted octanol–water partition coefficient (Wildman–Crippen LogP) is 4.83. The van der Waals surface area contributed by atoms with Crippen molar-refractivity contribution in [1.29, 1.82) is 0 Å². The molecule has 0 spiro atoms. The van der Waals surface area contributed by atoms with Crippen molar-refractivity contribution in [2.75, 3.05) is 11.9 Å². The molecule has 1 atom stereocenters. The lowest BCUT2D eigenvalue weighted by Crippen LogP contribution is -2.43. The summed E-state index contributed by atoms with van der Waals surface area (Å²) >= 11 is 1.16. The number of nitrogens with zero attached hydrogens (tertiary/aromatic N) is 2. The van der Waals surface area contributed by atoms with Crippen LogP contribution in [0.15, 0.2) is 53.9 Å². The smallest absolute Gasteiger partial charge is 0.410 e. The van der Waals surface area contributed by atoms with Gasteiger partial charge in [-0.25, -0.2) is 18.6 Å². The SMILES string of the molecule is O=C(Nc1nc(-c2ccc(F)c(F)c2)cs1)C1CCCN1C(=O)OCc1ccccc1. The molecule has 1 N–H and O–H groups in total. The van der Waals surface area contributed by atoms with E-state index in [1.807, 2.05) is 30.3 Å². The Morgan fingerprint density at radius 3 is 2.74 bits per heavy atom. The molecule has 1 saturated heterocycles. The van der Waals surface area contributed by atoms with Gasteiger partial charge in [-0.15, -0.1) is 11.3 Å². The first-order chi connectivity index (χ1) is 15.0. The minimum atomic E-state index is -0.966. The van der Waals surface area contributed by atoms with Crippen LogP contribution in [-0.4, -0.2) is 34.5 Å². The number of likely N-dealkylation sites (tertiary alicyclic amines) is 1. The van der Waals surface area contributed by atoms with Crippen LogP contribution in [0.25, 0.3) is 11.3 Å². The van der Waals surface area contributed by atoms with Gasteiger partial charge in [-0.3, -0.25) is 9.69 Å². The number of rotatable bonds is 5. The third kappa shape index (κ3) is 4.88. The van der Waals surface area contributed by atoms with E-state index in [9.17, 15) is 18.4 Å². The van der Waals surface area contributed by atoms with E-state index in [-0.39, 0.29) is 12.5 Å². The molecular weight excluding hydrogens is 424 g/mol. The standard InChI is InChI=1S/C22H19F2N3O3S/c23-16-9-8-15(11-17(16)24)18-13-31-21(25-18)26-20(28)19-7-4-10-27(19)22(29)30-12-14-5-2-1-3-6-14/h1-3,5-6,8-9,11,13,19H,4,7,10,12H2,(H,25,26,28). The second-order valence-corrected chi connectivity index (χ2v) is 7.91. The lowest BCUT2D eigenvalue weighted by molar-refractivity contribution is -0.120. The first-order valence-corrected chi connectivity index (χ1v) is 10.6. The number of halogens is 2. The van der Waals surface area contributed by atoms with Crippen molar-refractivity contribution < 1.29 is 23.1 Å². The van der Waals surface area contributed by atoms with Gasteiger partial charge in [-0.2, -0.15) is 0 Å². The van der Waals surface area contributed by atoms with Crippen molar-refractivity contribution in [3.63, 3.8) is 0 Å². The Kier molecular flexibility index (Phi) is 6.22. The van der Waals surface area contributed by atoms with Crippen LogP contribution >= 0.6 is 11.3 Å². The van der Waals surface area contributed by atoms with Crippen LogP contribution in [0.1, 0.15) is 18.4 Å². The molecule has 1 aliphatic heterocycles. The average molecular weight is 443 g/mol. The fourth-order valence-corrected chi connectivity index (χ4v) is 4.09. The van der Waals surface area contributed by atoms with E-state index in [0.717, 1.165) is 29.0 Å². The number of benzene rings is 2. The molecule has 4 rings (SSSR count). The number of thiazole rings is 1. The van der Waals surface area contributed by atoms with Crippen LogP contribution in [0.4, 0.5) is 18.7 Å². The molecule has 31 heavy (non-hydrogen) atoms. The second-order valence-electron chi connectivity index (χ2n) is 7.05. The summed E-state index contributed by atoms with van der Waals surface area (Å²) in [5.41, 5.74) is 1.69. The summed E-state index contributed by atoms with van der Waals surface area (Å²) in [6, 6.07) is 12.2. The normalized spacial score (nSPS) is 15.7. The minimum Gasteiger partial charge on any atom is -0.445 e. The molecule has 1 aromatic heterocycles. The minimum absolute atomic E-state index is 0.134. The van der Waals surface area contributed by atoms with Gasteiger partial charge in [0.15, 0.2) is 16.8 Å². The molecule has 2 heterocycles. The van der Waals surface area contributed by atoms with Crippen molar-refractivity contribution in [2.45, 2.75) is 25.5 Å². The van der Waals surface area contributed by atoms with E-state index in [1.54, 1.807) is 5.38 Å². The number of carbonyl (C=O) groups is 2. The van der Waals surface area contributed by atoms with Crippen LogP contribution in [0, 0.1) is 11.6 Å². The summed E-state index contributed by atoms with van der Waals surface area (Å²) in [5.74, 6) is -2.26. The van der Waals surface area contributed by atoms with Gasteiger partial charge in [0.1, 0.15) is 12.6 Å². The molecule has 0 saturated carbocycles. The lowest BCUT2D eigenvalue weighted by Gasteiger charge is -2.22. The predicted molar refractivity (Wildman–Crippen MR) is 112 cm³/mol. The number of aromatic nitrogens is 1. The summed E-state index contributed by atoms with van der Waals surface area (Å²) < 4.78 is 31.9. The van der Waals surface area contributed by atoms with E-state index < -0.39 is 23.8 Å². The number of anilines is 1. The van der Waals surface area contributed by atoms with Gasteiger partial charge in [0.05, 0.1) is 5.69 Å². The Balaban J connectivity index is 1.38. The molecule has 0 aliphatic carbocycles. The third-order valence-electron chi connectivity index (χ3n) is 4.94. The maximum absolute atomic E-state index is 13.5. The number of ether oxygens (including phenoxy) is 1. The van der Waals surface area contributed by atoms with Crippen molar-refractivity contribution in [2.24, 2.45) is 0 Å². The van der Waals surface area contributed by atoms with E-state index in [4.69, 9.17) is 4.74 Å². The summed E-state index contributed by atoms with van der Waals surface area (Å²) in [5, 5.41) is 4.67. The Bertz CT molecular complexity index is 1090. The van der Waals surface area contributed by atoms with Crippen molar-refractivity contribution in [3.05, 3.63) is 71.1 Å². The number of nitrogens with one attached hydrogen (secondary N) is 1. The highest BCUT2D eigenvalue weighted by Crippen LogP contribution is 2.27. The van der Waals surface area contributed by atoms with Gasteiger partial charge < -0.3 is 10.1 Å². The summed E-state index contributed by atoms with van der Waals surface area (Å²) in [6.45, 7) is 0.568. The molecule has 3 aromatic rings. The van der Waals surface area contributed by atoms with Crippen molar-refractivity contribution in [1.82, 2.24) is 9.88 Å². The quantitative estimate of drug-likeness (QED) is 0.613. The van der Waals surface area contributed by atoms with E-state index >= 15 is 0 Å². The monoisotopic (exact) mass is 443 g/mol. The molecule has 160 valence electrons. The van der Waals surface area contributed by atoms with Crippen LogP contribution in [0.5, 0.6) is 0 Å². The molecule has 1 unspecified atom stereocenters. The van der Waals surface area contributed by atoms with Gasteiger partial charge in [0.2, 0.25) is 5.91 Å². The molecule has 0 bridgehead atoms. The molecular formula is C22H19F2N3O3S. The number of hydrogen-bond donors (Lipinski definition) is 1. The molecule has 1 aliphatic rings. The average Bonchev–Trinajstić information content (AvgIpc) is 3.45. The van der Waals surface area contributed by atoms with Crippen molar-refractivity contribution >= 4 is 28.5 Å². The van der Waals surface area contributed by atoms with Gasteiger partial charge in [-0.1, -0.05) is 30.3 Å². The summed E-state index contributed by atoms with van der Waals surface area (Å²) in [6.07, 6.45) is 0.674. The maximum Gasteiger partial charge on any atom is 0.410 e. The fraction of sp³-hybridized carbons (Fsp3) is 0.227. The van der Waals surface area contributed by atoms with E-state index in [0.29, 0.717) is 35.8 Å². The van der Waals surface area contributed by atoms with Gasteiger partial charge in [-0.05, 0) is 36.6 Å². The number of hydrogen-bond acceptors (Lipinski definition) is 5. The molecule has 6 nitrogen and oxygen atoms in total. The maximum atomic E-state index is 13.5. The van der Waals surface area contributed by atoms with Crippen LogP contribution in [0.2, 0.25) is 0 Å². The van der Waals surface area contributed by atoms with Crippen molar-refractivity contribution in [3.8, 4) is 11.3 Å². The Morgan fingerprint density at radius 2 is 1.97 bits per heavy atom. The highest BCUT2D eigenvalue weighted by atomic mass is 32.1. The molecule has 9 heteroatoms. The van der Waals surface area contributed by atoms with E-state index in [2.05, 4.69) is 10.3 Å². The highest BCUT2D eigenvalue weighted by Gasteiger charge is 2.35. The van der Waals surface area contributed by atoms with Gasteiger partial charge in [0, 0.05) is 17.5 Å². The third-order valence-corrected chi connectivity index (χ3v) is 5.70. The topological polar surface area (TPSA) is 71.5 Å². The van der Waals surface area contributed by atoms with Crippen LogP contribution in [-0.2, 0) is 16.1 Å². The zero-order valence-corrected chi connectivity index (χ0v) is 17.2. The molecule has 2 amide bonds. The first-order valence-electron chi connectivity index (χ1n) is 9.70. The zero-order chi connectivity index (χ0) is 21.8. The largest absolute Gasteiger partial charge is 0.445 e. The lowest BCUT2D eigenvalue weighted by atomic mass is 10.2. The molecule has 1 fully saturated rings.